The molecule has 1 aromatic carbocycles. The number of aromatic nitrogens is 2. The maximum absolute atomic E-state index is 12.1. The topological polar surface area (TPSA) is 84.0 Å². The van der Waals surface area contributed by atoms with Crippen LogP contribution in [0.5, 0.6) is 0 Å². The number of imidazole rings is 1. The van der Waals surface area contributed by atoms with E-state index in [0.29, 0.717) is 12.8 Å². The van der Waals surface area contributed by atoms with E-state index >= 15 is 0 Å². The van der Waals surface area contributed by atoms with Gasteiger partial charge in [-0.15, -0.1) is 0 Å². The van der Waals surface area contributed by atoms with E-state index < -0.39 is 0 Å². The van der Waals surface area contributed by atoms with Crippen LogP contribution in [0.2, 0.25) is 0 Å². The SMILES string of the molecule is CCc1ccc2c(c1)[nH]c(=O)n2C(C)CCC(=O)NC=O. The molecule has 6 heteroatoms. The van der Waals surface area contributed by atoms with Crippen LogP contribution in [-0.2, 0) is 16.0 Å². The van der Waals surface area contributed by atoms with Gasteiger partial charge in [0.15, 0.2) is 0 Å². The summed E-state index contributed by atoms with van der Waals surface area (Å²) in [5, 5.41) is 2.10. The molecule has 2 rings (SSSR count). The zero-order valence-corrected chi connectivity index (χ0v) is 12.2. The minimum absolute atomic E-state index is 0.129. The number of H-pyrrole nitrogens is 1. The molecular formula is C15H19N3O3. The van der Waals surface area contributed by atoms with Gasteiger partial charge in [-0.1, -0.05) is 13.0 Å². The zero-order chi connectivity index (χ0) is 15.4. The molecule has 1 atom stereocenters. The number of aromatic amines is 1. The third-order valence-corrected chi connectivity index (χ3v) is 3.64. The number of nitrogens with zero attached hydrogens (tertiary/aromatic N) is 1. The van der Waals surface area contributed by atoms with Gasteiger partial charge in [0.1, 0.15) is 0 Å². The first kappa shape index (κ1) is 15.0. The van der Waals surface area contributed by atoms with Crippen molar-refractivity contribution in [1.82, 2.24) is 14.9 Å². The molecule has 2 N–H and O–H groups in total. The molecule has 21 heavy (non-hydrogen) atoms. The number of imide groups is 1. The molecule has 2 aromatic rings. The molecular weight excluding hydrogens is 270 g/mol. The van der Waals surface area contributed by atoms with Crippen molar-refractivity contribution in [2.75, 3.05) is 0 Å². The van der Waals surface area contributed by atoms with Crippen molar-refractivity contribution in [3.63, 3.8) is 0 Å². The molecule has 0 saturated heterocycles. The fraction of sp³-hybridized carbons (Fsp3) is 0.400. The molecule has 0 fully saturated rings. The van der Waals surface area contributed by atoms with Crippen LogP contribution in [0.3, 0.4) is 0 Å². The molecule has 0 aliphatic carbocycles. The van der Waals surface area contributed by atoms with Gasteiger partial charge in [0, 0.05) is 12.5 Å². The van der Waals surface area contributed by atoms with Crippen molar-refractivity contribution in [2.45, 2.75) is 39.2 Å². The first-order valence-corrected chi connectivity index (χ1v) is 7.03. The molecule has 1 heterocycles. The van der Waals surface area contributed by atoms with E-state index in [9.17, 15) is 14.4 Å². The Balaban J connectivity index is 2.24. The van der Waals surface area contributed by atoms with Crippen molar-refractivity contribution < 1.29 is 9.59 Å². The van der Waals surface area contributed by atoms with E-state index in [4.69, 9.17) is 0 Å². The van der Waals surface area contributed by atoms with Gasteiger partial charge in [-0.2, -0.15) is 0 Å². The number of carbonyl (C=O) groups is 2. The van der Waals surface area contributed by atoms with Gasteiger partial charge in [-0.25, -0.2) is 4.79 Å². The van der Waals surface area contributed by atoms with E-state index in [1.54, 1.807) is 4.57 Å². The predicted molar refractivity (Wildman–Crippen MR) is 80.1 cm³/mol. The third-order valence-electron chi connectivity index (χ3n) is 3.64. The zero-order valence-electron chi connectivity index (χ0n) is 12.2. The van der Waals surface area contributed by atoms with Crippen molar-refractivity contribution in [1.29, 1.82) is 0 Å². The van der Waals surface area contributed by atoms with Crippen LogP contribution in [0.15, 0.2) is 23.0 Å². The monoisotopic (exact) mass is 289 g/mol. The lowest BCUT2D eigenvalue weighted by Crippen LogP contribution is -2.24. The van der Waals surface area contributed by atoms with Crippen LogP contribution in [-0.4, -0.2) is 21.9 Å². The number of nitrogens with one attached hydrogen (secondary N) is 2. The minimum Gasteiger partial charge on any atom is -0.306 e. The summed E-state index contributed by atoms with van der Waals surface area (Å²) in [7, 11) is 0. The highest BCUT2D eigenvalue weighted by Crippen LogP contribution is 2.19. The van der Waals surface area contributed by atoms with Crippen molar-refractivity contribution >= 4 is 23.4 Å². The van der Waals surface area contributed by atoms with Gasteiger partial charge in [-0.3, -0.25) is 19.5 Å². The average molecular weight is 289 g/mol. The lowest BCUT2D eigenvalue weighted by atomic mass is 10.1. The Morgan fingerprint density at radius 2 is 2.24 bits per heavy atom. The fourth-order valence-electron chi connectivity index (χ4n) is 2.44. The lowest BCUT2D eigenvalue weighted by Gasteiger charge is -2.13. The number of fused-ring (bicyclic) bond motifs is 1. The summed E-state index contributed by atoms with van der Waals surface area (Å²) >= 11 is 0. The van der Waals surface area contributed by atoms with Crippen LogP contribution in [0, 0.1) is 0 Å². The fourth-order valence-corrected chi connectivity index (χ4v) is 2.44. The number of hydrogen-bond acceptors (Lipinski definition) is 3. The lowest BCUT2D eigenvalue weighted by molar-refractivity contribution is -0.125. The van der Waals surface area contributed by atoms with Crippen LogP contribution in [0.25, 0.3) is 11.0 Å². The Kier molecular flexibility index (Phi) is 4.57. The van der Waals surface area contributed by atoms with Gasteiger partial charge >= 0.3 is 5.69 Å². The first-order valence-electron chi connectivity index (χ1n) is 7.03. The van der Waals surface area contributed by atoms with Crippen molar-refractivity contribution in [2.24, 2.45) is 0 Å². The van der Waals surface area contributed by atoms with Crippen LogP contribution in [0.1, 0.15) is 38.3 Å². The normalized spacial score (nSPS) is 12.3. The molecule has 0 aliphatic rings. The van der Waals surface area contributed by atoms with E-state index in [1.807, 2.05) is 25.1 Å². The number of rotatable bonds is 6. The van der Waals surface area contributed by atoms with Crippen molar-refractivity contribution in [3.8, 4) is 0 Å². The van der Waals surface area contributed by atoms with Crippen LogP contribution >= 0.6 is 0 Å². The highest BCUT2D eigenvalue weighted by atomic mass is 16.2. The van der Waals surface area contributed by atoms with Gasteiger partial charge < -0.3 is 4.98 Å². The highest BCUT2D eigenvalue weighted by molar-refractivity contribution is 5.85. The van der Waals surface area contributed by atoms with E-state index in [-0.39, 0.29) is 24.1 Å². The quantitative estimate of drug-likeness (QED) is 0.790. The summed E-state index contributed by atoms with van der Waals surface area (Å²) in [5.41, 5.74) is 2.62. The van der Waals surface area contributed by atoms with E-state index in [1.165, 1.54) is 0 Å². The second-order valence-corrected chi connectivity index (χ2v) is 5.08. The standard InChI is InChI=1S/C15H19N3O3/c1-3-11-5-6-13-12(8-11)17-15(21)18(13)10(2)4-7-14(20)16-9-19/h5-6,8-10H,3-4,7H2,1-2H3,(H,17,21)(H,16,19,20). The molecule has 1 unspecified atom stereocenters. The average Bonchev–Trinajstić information content (AvgIpc) is 2.79. The maximum Gasteiger partial charge on any atom is 0.326 e. The van der Waals surface area contributed by atoms with Crippen molar-refractivity contribution in [3.05, 3.63) is 34.2 Å². The van der Waals surface area contributed by atoms with E-state index in [0.717, 1.165) is 23.0 Å². The van der Waals surface area contributed by atoms with Gasteiger partial charge in [0.25, 0.3) is 0 Å². The summed E-state index contributed by atoms with van der Waals surface area (Å²) in [6.07, 6.45) is 1.97. The molecule has 0 spiro atoms. The largest absolute Gasteiger partial charge is 0.326 e. The molecule has 0 saturated carbocycles. The van der Waals surface area contributed by atoms with Gasteiger partial charge in [0.05, 0.1) is 11.0 Å². The molecule has 0 aliphatic heterocycles. The molecule has 1 aromatic heterocycles. The van der Waals surface area contributed by atoms with E-state index in [2.05, 4.69) is 17.2 Å². The second kappa shape index (κ2) is 6.39. The molecule has 0 radical (unpaired) electrons. The summed E-state index contributed by atoms with van der Waals surface area (Å²) in [6.45, 7) is 3.95. The Morgan fingerprint density at radius 3 is 2.90 bits per heavy atom. The number of aryl methyl sites for hydroxylation is 1. The summed E-state index contributed by atoms with van der Waals surface area (Å²) in [5.74, 6) is -0.335. The summed E-state index contributed by atoms with van der Waals surface area (Å²) < 4.78 is 1.66. The molecule has 6 nitrogen and oxygen atoms in total. The van der Waals surface area contributed by atoms with Crippen LogP contribution < -0.4 is 11.0 Å². The second-order valence-electron chi connectivity index (χ2n) is 5.08. The number of benzene rings is 1. The number of amides is 2. The Labute approximate surface area is 122 Å². The molecule has 2 amide bonds. The summed E-state index contributed by atoms with van der Waals surface area (Å²) in [4.78, 5) is 36.4. The van der Waals surface area contributed by atoms with Gasteiger partial charge in [-0.05, 0) is 37.5 Å². The number of hydrogen-bond donors (Lipinski definition) is 2. The summed E-state index contributed by atoms with van der Waals surface area (Å²) in [6, 6.07) is 5.77. The predicted octanol–water partition coefficient (Wildman–Crippen LogP) is 1.51. The maximum atomic E-state index is 12.1. The first-order chi connectivity index (χ1) is 10.1. The molecule has 112 valence electrons. The third kappa shape index (κ3) is 3.21. The van der Waals surface area contributed by atoms with Gasteiger partial charge in [0.2, 0.25) is 12.3 Å². The molecule has 0 bridgehead atoms. The highest BCUT2D eigenvalue weighted by Gasteiger charge is 2.14. The minimum atomic E-state index is -0.335. The van der Waals surface area contributed by atoms with Crippen LogP contribution in [0.4, 0.5) is 0 Å². The Hall–Kier alpha value is -2.37. The Bertz CT molecular complexity index is 715. The smallest absolute Gasteiger partial charge is 0.306 e. The number of carbonyl (C=O) groups excluding carboxylic acids is 2. The Morgan fingerprint density at radius 1 is 1.48 bits per heavy atom.